The van der Waals surface area contributed by atoms with E-state index in [1.807, 2.05) is 0 Å². The molecule has 3 aromatic heterocycles. The molecule has 0 radical (unpaired) electrons. The van der Waals surface area contributed by atoms with Crippen LogP contribution in [-0.2, 0) is 6.18 Å². The van der Waals surface area contributed by atoms with Gasteiger partial charge < -0.3 is 14.7 Å². The fraction of sp³-hybridized carbons (Fsp3) is 0.111. The molecule has 5 nitrogen and oxygen atoms in total. The third kappa shape index (κ3) is 2.80. The number of hydrogen-bond acceptors (Lipinski definition) is 3. The number of benzene rings is 1. The molecule has 9 heteroatoms. The molecule has 4 rings (SSSR count). The predicted molar refractivity (Wildman–Crippen MR) is 92.7 cm³/mol. The predicted octanol–water partition coefficient (Wildman–Crippen LogP) is 4.39. The summed E-state index contributed by atoms with van der Waals surface area (Å²) >= 11 is 0. The number of hydrogen-bond donors (Lipinski definition) is 2. The molecule has 4 aromatic rings. The van der Waals surface area contributed by atoms with E-state index in [0.29, 0.717) is 11.6 Å². The SMILES string of the molecule is Cc1cncc(Nc2[nH]ccn3cc4c(C(F)(F)F)cc(=O)cc4c23)c1F. The molecule has 138 valence electrons. The second-order valence-corrected chi connectivity index (χ2v) is 6.09. The minimum Gasteiger partial charge on any atom is -0.345 e. The van der Waals surface area contributed by atoms with E-state index >= 15 is 0 Å². The molecule has 2 N–H and O–H groups in total. The number of nitrogens with zero attached hydrogens (tertiary/aromatic N) is 2. The van der Waals surface area contributed by atoms with Crippen LogP contribution in [0.4, 0.5) is 29.1 Å². The lowest BCUT2D eigenvalue weighted by Crippen LogP contribution is -2.10. The molecule has 3 heterocycles. The Bertz CT molecular complexity index is 1240. The van der Waals surface area contributed by atoms with Crippen LogP contribution in [-0.4, -0.2) is 14.4 Å². The quantitative estimate of drug-likeness (QED) is 0.510. The highest BCUT2D eigenvalue weighted by Crippen LogP contribution is 2.37. The molecular weight excluding hydrogens is 364 g/mol. The molecule has 0 bridgehead atoms. The highest BCUT2D eigenvalue weighted by Gasteiger charge is 2.34. The zero-order valence-corrected chi connectivity index (χ0v) is 13.9. The lowest BCUT2D eigenvalue weighted by atomic mass is 10.1. The molecule has 0 aliphatic heterocycles. The van der Waals surface area contributed by atoms with Crippen LogP contribution < -0.4 is 10.7 Å². The Morgan fingerprint density at radius 1 is 1.19 bits per heavy atom. The van der Waals surface area contributed by atoms with Crippen LogP contribution in [0.25, 0.3) is 16.3 Å². The number of nitrogens with one attached hydrogen (secondary N) is 2. The zero-order valence-electron chi connectivity index (χ0n) is 13.9. The molecule has 27 heavy (non-hydrogen) atoms. The molecule has 0 atom stereocenters. The molecular formula is C18H12F4N4O. The molecule has 0 aliphatic rings. The van der Waals surface area contributed by atoms with Crippen molar-refractivity contribution in [3.05, 3.63) is 70.3 Å². The summed E-state index contributed by atoms with van der Waals surface area (Å²) in [6.45, 7) is 1.55. The van der Waals surface area contributed by atoms with Gasteiger partial charge in [-0.1, -0.05) is 0 Å². The Morgan fingerprint density at radius 3 is 2.70 bits per heavy atom. The van der Waals surface area contributed by atoms with E-state index < -0.39 is 23.0 Å². The summed E-state index contributed by atoms with van der Waals surface area (Å²) in [4.78, 5) is 18.6. The minimum absolute atomic E-state index is 0.0584. The highest BCUT2D eigenvalue weighted by atomic mass is 19.4. The Balaban J connectivity index is 2.01. The van der Waals surface area contributed by atoms with Crippen LogP contribution in [0, 0.1) is 12.7 Å². The average molecular weight is 376 g/mol. The summed E-state index contributed by atoms with van der Waals surface area (Å²) in [7, 11) is 0. The number of rotatable bonds is 2. The second-order valence-electron chi connectivity index (χ2n) is 6.09. The first-order valence-corrected chi connectivity index (χ1v) is 7.86. The van der Waals surface area contributed by atoms with Crippen molar-refractivity contribution in [3.63, 3.8) is 0 Å². The molecule has 0 saturated heterocycles. The van der Waals surface area contributed by atoms with Crippen LogP contribution in [0.15, 0.2) is 47.9 Å². The molecule has 0 unspecified atom stereocenters. The normalized spacial score (nSPS) is 12.0. The van der Waals surface area contributed by atoms with Crippen LogP contribution in [0.5, 0.6) is 0 Å². The van der Waals surface area contributed by atoms with Crippen molar-refractivity contribution < 1.29 is 17.6 Å². The number of halogens is 4. The van der Waals surface area contributed by atoms with E-state index in [2.05, 4.69) is 15.3 Å². The Hall–Kier alpha value is -3.36. The van der Waals surface area contributed by atoms with Crippen LogP contribution in [0.3, 0.4) is 0 Å². The molecule has 0 saturated carbocycles. The number of aryl methyl sites for hydroxylation is 1. The van der Waals surface area contributed by atoms with Gasteiger partial charge in [-0.05, 0) is 19.1 Å². The van der Waals surface area contributed by atoms with E-state index in [0.717, 1.165) is 6.07 Å². The smallest absolute Gasteiger partial charge is 0.345 e. The average Bonchev–Trinajstić information content (AvgIpc) is 2.96. The van der Waals surface area contributed by atoms with Crippen molar-refractivity contribution in [3.8, 4) is 0 Å². The number of fused-ring (bicyclic) bond motifs is 3. The maximum absolute atomic E-state index is 14.3. The summed E-state index contributed by atoms with van der Waals surface area (Å²) in [6, 6.07) is 1.70. The number of pyridine rings is 1. The summed E-state index contributed by atoms with van der Waals surface area (Å²) < 4.78 is 55.8. The van der Waals surface area contributed by atoms with Gasteiger partial charge in [-0.15, -0.1) is 0 Å². The second kappa shape index (κ2) is 5.83. The van der Waals surface area contributed by atoms with Gasteiger partial charge >= 0.3 is 6.18 Å². The van der Waals surface area contributed by atoms with E-state index in [4.69, 9.17) is 0 Å². The number of anilines is 2. The maximum Gasteiger partial charge on any atom is 0.417 e. The van der Waals surface area contributed by atoms with E-state index in [-0.39, 0.29) is 27.8 Å². The van der Waals surface area contributed by atoms with Crippen LogP contribution in [0.1, 0.15) is 11.1 Å². The number of aromatic amines is 1. The van der Waals surface area contributed by atoms with Gasteiger partial charge in [0.2, 0.25) is 0 Å². The van der Waals surface area contributed by atoms with Gasteiger partial charge in [-0.25, -0.2) is 4.39 Å². The lowest BCUT2D eigenvalue weighted by Gasteiger charge is -2.11. The summed E-state index contributed by atoms with van der Waals surface area (Å²) in [5, 5.41) is 2.80. The van der Waals surface area contributed by atoms with Gasteiger partial charge in [0.25, 0.3) is 0 Å². The monoisotopic (exact) mass is 376 g/mol. The van der Waals surface area contributed by atoms with Gasteiger partial charge in [0.15, 0.2) is 11.2 Å². The Labute approximate surface area is 149 Å². The molecule has 1 aromatic carbocycles. The Kier molecular flexibility index (Phi) is 3.69. The molecule has 0 amide bonds. The van der Waals surface area contributed by atoms with Gasteiger partial charge in [0.05, 0.1) is 23.0 Å². The van der Waals surface area contributed by atoms with Crippen molar-refractivity contribution >= 4 is 27.8 Å². The van der Waals surface area contributed by atoms with Crippen molar-refractivity contribution in [2.75, 3.05) is 5.32 Å². The fourth-order valence-corrected chi connectivity index (χ4v) is 3.06. The largest absolute Gasteiger partial charge is 0.417 e. The first kappa shape index (κ1) is 17.1. The number of H-pyrrole nitrogens is 1. The summed E-state index contributed by atoms with van der Waals surface area (Å²) in [5.74, 6) is -0.297. The maximum atomic E-state index is 14.3. The van der Waals surface area contributed by atoms with E-state index in [1.165, 1.54) is 35.4 Å². The van der Waals surface area contributed by atoms with Crippen molar-refractivity contribution in [1.82, 2.24) is 14.4 Å². The fourth-order valence-electron chi connectivity index (χ4n) is 3.06. The number of aromatic nitrogens is 3. The molecule has 0 spiro atoms. The molecule has 0 aliphatic carbocycles. The standard InChI is InChI=1S/C18H12F4N4O/c1-9-6-23-7-14(15(9)19)25-17-16-11-4-10(27)5-13(18(20,21)22)12(11)8-26(16)3-2-24-17/h2-8,24-25H,1H3. The van der Waals surface area contributed by atoms with Crippen LogP contribution >= 0.6 is 0 Å². The van der Waals surface area contributed by atoms with E-state index in [9.17, 15) is 22.4 Å². The molecule has 0 fully saturated rings. The van der Waals surface area contributed by atoms with Gasteiger partial charge in [-0.2, -0.15) is 13.2 Å². The summed E-state index contributed by atoms with van der Waals surface area (Å²) in [6.07, 6.45) is 2.24. The van der Waals surface area contributed by atoms with Gasteiger partial charge in [-0.3, -0.25) is 9.78 Å². The van der Waals surface area contributed by atoms with Crippen molar-refractivity contribution in [2.45, 2.75) is 13.1 Å². The summed E-state index contributed by atoms with van der Waals surface area (Å²) in [5.41, 5.74) is -1.11. The van der Waals surface area contributed by atoms with Crippen molar-refractivity contribution in [1.29, 1.82) is 0 Å². The van der Waals surface area contributed by atoms with Crippen LogP contribution in [0.2, 0.25) is 0 Å². The van der Waals surface area contributed by atoms with Gasteiger partial charge in [0.1, 0.15) is 5.82 Å². The number of alkyl halides is 3. The first-order chi connectivity index (χ1) is 12.8. The Morgan fingerprint density at radius 2 is 1.96 bits per heavy atom. The lowest BCUT2D eigenvalue weighted by molar-refractivity contribution is -0.136. The topological polar surface area (TPSA) is 62.2 Å². The minimum atomic E-state index is -4.67. The highest BCUT2D eigenvalue weighted by molar-refractivity contribution is 6.04. The first-order valence-electron chi connectivity index (χ1n) is 7.86. The van der Waals surface area contributed by atoms with Gasteiger partial charge in [0, 0.05) is 41.1 Å². The van der Waals surface area contributed by atoms with E-state index in [1.54, 1.807) is 6.92 Å². The third-order valence-corrected chi connectivity index (χ3v) is 4.25. The zero-order chi connectivity index (χ0) is 19.3. The van der Waals surface area contributed by atoms with Crippen molar-refractivity contribution in [2.24, 2.45) is 0 Å². The third-order valence-electron chi connectivity index (χ3n) is 4.25.